The first kappa shape index (κ1) is 23.9. The lowest BCUT2D eigenvalue weighted by Crippen LogP contribution is -2.30. The predicted octanol–water partition coefficient (Wildman–Crippen LogP) is 4.88. The summed E-state index contributed by atoms with van der Waals surface area (Å²) >= 11 is 6.22. The number of halogens is 1. The number of nitrogens with one attached hydrogen (secondary N) is 3. The quantitative estimate of drug-likeness (QED) is 0.317. The smallest absolute Gasteiger partial charge is 0.256 e. The fourth-order valence-corrected chi connectivity index (χ4v) is 5.02. The van der Waals surface area contributed by atoms with Crippen molar-refractivity contribution in [1.82, 2.24) is 15.2 Å². The number of hydrogen-bond acceptors (Lipinski definition) is 3. The first-order chi connectivity index (χ1) is 17.4. The van der Waals surface area contributed by atoms with Gasteiger partial charge in [-0.15, -0.1) is 0 Å². The molecule has 0 aliphatic carbocycles. The number of carbonyl (C=O) groups excluding carboxylic acids is 3. The number of hydrogen-bond donors (Lipinski definition) is 3. The summed E-state index contributed by atoms with van der Waals surface area (Å²) in [6.07, 6.45) is 5.70. The summed E-state index contributed by atoms with van der Waals surface area (Å²) in [5.41, 5.74) is 5.87. The molecule has 1 fully saturated rings. The average molecular weight is 503 g/mol. The molecule has 0 atom stereocenters. The molecule has 0 unspecified atom stereocenters. The van der Waals surface area contributed by atoms with Gasteiger partial charge in [-0.2, -0.15) is 0 Å². The van der Waals surface area contributed by atoms with Crippen LogP contribution in [-0.4, -0.2) is 47.2 Å². The van der Waals surface area contributed by atoms with Gasteiger partial charge in [0.15, 0.2) is 0 Å². The Morgan fingerprint density at radius 2 is 2.03 bits per heavy atom. The Morgan fingerprint density at radius 1 is 1.19 bits per heavy atom. The molecule has 3 amide bonds. The van der Waals surface area contributed by atoms with Crippen LogP contribution in [0.1, 0.15) is 46.4 Å². The zero-order valence-corrected chi connectivity index (χ0v) is 20.7. The fourth-order valence-electron chi connectivity index (χ4n) is 4.83. The van der Waals surface area contributed by atoms with Crippen molar-refractivity contribution in [2.24, 2.45) is 0 Å². The van der Waals surface area contributed by atoms with Crippen LogP contribution in [0, 0.1) is 6.92 Å². The minimum absolute atomic E-state index is 0.183. The number of aromatic nitrogens is 1. The van der Waals surface area contributed by atoms with Gasteiger partial charge in [0.1, 0.15) is 0 Å². The Kier molecular flexibility index (Phi) is 6.65. The van der Waals surface area contributed by atoms with E-state index in [1.165, 1.54) is 0 Å². The topological polar surface area (TPSA) is 94.3 Å². The normalized spacial score (nSPS) is 15.9. The summed E-state index contributed by atoms with van der Waals surface area (Å²) in [5, 5.41) is 6.50. The number of carbonyl (C=O) groups is 3. The molecule has 2 aliphatic heterocycles. The van der Waals surface area contributed by atoms with Crippen LogP contribution in [0.25, 0.3) is 22.8 Å². The summed E-state index contributed by atoms with van der Waals surface area (Å²) in [5.74, 6) is -0.190. The highest BCUT2D eigenvalue weighted by Crippen LogP contribution is 2.41. The summed E-state index contributed by atoms with van der Waals surface area (Å²) in [7, 11) is 0. The molecule has 8 heteroatoms. The molecule has 0 radical (unpaired) electrons. The highest BCUT2D eigenvalue weighted by Gasteiger charge is 2.28. The van der Waals surface area contributed by atoms with Crippen LogP contribution < -0.4 is 10.6 Å². The van der Waals surface area contributed by atoms with Gasteiger partial charge in [-0.1, -0.05) is 35.9 Å². The maximum absolute atomic E-state index is 12.9. The molecule has 2 aliphatic rings. The Hall–Kier alpha value is -3.84. The number of fused-ring (bicyclic) bond motifs is 1. The van der Waals surface area contributed by atoms with Gasteiger partial charge in [-0.25, -0.2) is 0 Å². The molecule has 0 bridgehead atoms. The van der Waals surface area contributed by atoms with Gasteiger partial charge in [0.25, 0.3) is 11.8 Å². The van der Waals surface area contributed by atoms with Gasteiger partial charge in [-0.3, -0.25) is 14.4 Å². The molecule has 0 saturated carbocycles. The molecule has 7 nitrogen and oxygen atoms in total. The number of rotatable bonds is 7. The van der Waals surface area contributed by atoms with Crippen LogP contribution >= 0.6 is 11.6 Å². The first-order valence-electron chi connectivity index (χ1n) is 12.1. The molecule has 0 spiro atoms. The van der Waals surface area contributed by atoms with E-state index in [1.54, 1.807) is 12.3 Å². The van der Waals surface area contributed by atoms with E-state index in [0.717, 1.165) is 40.9 Å². The maximum atomic E-state index is 12.9. The van der Waals surface area contributed by atoms with E-state index in [2.05, 4.69) is 15.6 Å². The van der Waals surface area contributed by atoms with Crippen LogP contribution in [-0.2, 0) is 9.59 Å². The lowest BCUT2D eigenvalue weighted by molar-refractivity contribution is -0.127. The molecule has 3 aromatic rings. The van der Waals surface area contributed by atoms with Crippen molar-refractivity contribution in [2.45, 2.75) is 26.2 Å². The lowest BCUT2D eigenvalue weighted by atomic mass is 9.94. The Bertz CT molecular complexity index is 1390. The van der Waals surface area contributed by atoms with Gasteiger partial charge in [-0.05, 0) is 60.7 Å². The molecule has 3 N–H and O–H groups in total. The van der Waals surface area contributed by atoms with Crippen molar-refractivity contribution in [3.05, 3.63) is 76.1 Å². The number of benzene rings is 2. The molecular weight excluding hydrogens is 476 g/mol. The standard InChI is InChI=1S/C28H27ClN4O3/c1-17-22(27(35)30-11-5-13-33-12-4-10-25(33)34)16-31-24(17)15-21-26-20(18-6-2-7-19(29)14-18)8-3-9-23(26)32-28(21)36/h2-3,6-9,14-16,31H,4-5,10-13H2,1H3,(H,30,35)(H,32,36). The Morgan fingerprint density at radius 3 is 2.81 bits per heavy atom. The number of H-pyrrole nitrogens is 1. The van der Waals surface area contributed by atoms with E-state index in [1.807, 2.05) is 54.3 Å². The van der Waals surface area contributed by atoms with Crippen LogP contribution in [0.5, 0.6) is 0 Å². The molecule has 36 heavy (non-hydrogen) atoms. The second-order valence-corrected chi connectivity index (χ2v) is 9.52. The maximum Gasteiger partial charge on any atom is 0.256 e. The molecule has 1 saturated heterocycles. The largest absolute Gasteiger partial charge is 0.361 e. The van der Waals surface area contributed by atoms with Crippen molar-refractivity contribution in [3.8, 4) is 11.1 Å². The number of aromatic amines is 1. The third-order valence-corrected chi connectivity index (χ3v) is 6.97. The third kappa shape index (κ3) is 4.66. The van der Waals surface area contributed by atoms with E-state index in [0.29, 0.717) is 47.8 Å². The van der Waals surface area contributed by atoms with E-state index in [9.17, 15) is 14.4 Å². The van der Waals surface area contributed by atoms with Crippen molar-refractivity contribution in [2.75, 3.05) is 25.0 Å². The molecule has 184 valence electrons. The highest BCUT2D eigenvalue weighted by molar-refractivity contribution is 6.36. The Labute approximate surface area is 214 Å². The van der Waals surface area contributed by atoms with E-state index in [4.69, 9.17) is 11.6 Å². The summed E-state index contributed by atoms with van der Waals surface area (Å²) in [6, 6.07) is 13.3. The minimum atomic E-state index is -0.198. The van der Waals surface area contributed by atoms with Gasteiger partial charge in [0, 0.05) is 54.2 Å². The van der Waals surface area contributed by atoms with Gasteiger partial charge >= 0.3 is 0 Å². The lowest BCUT2D eigenvalue weighted by Gasteiger charge is -2.15. The Balaban J connectivity index is 1.35. The van der Waals surface area contributed by atoms with Crippen LogP contribution in [0.4, 0.5) is 5.69 Å². The van der Waals surface area contributed by atoms with Gasteiger partial charge < -0.3 is 20.5 Å². The molecule has 1 aromatic heterocycles. The average Bonchev–Trinajstić information content (AvgIpc) is 3.54. The van der Waals surface area contributed by atoms with E-state index >= 15 is 0 Å². The first-order valence-corrected chi connectivity index (χ1v) is 12.5. The number of amides is 3. The van der Waals surface area contributed by atoms with Crippen LogP contribution in [0.15, 0.2) is 48.7 Å². The number of anilines is 1. The molecule has 5 rings (SSSR count). The number of nitrogens with zero attached hydrogens (tertiary/aromatic N) is 1. The van der Waals surface area contributed by atoms with Crippen LogP contribution in [0.2, 0.25) is 5.02 Å². The minimum Gasteiger partial charge on any atom is -0.361 e. The second kappa shape index (κ2) is 10.0. The monoisotopic (exact) mass is 502 g/mol. The van der Waals surface area contributed by atoms with Crippen molar-refractivity contribution in [1.29, 1.82) is 0 Å². The van der Waals surface area contributed by atoms with Gasteiger partial charge in [0.05, 0.1) is 11.1 Å². The van der Waals surface area contributed by atoms with E-state index in [-0.39, 0.29) is 17.7 Å². The van der Waals surface area contributed by atoms with Crippen LogP contribution in [0.3, 0.4) is 0 Å². The molecule has 2 aromatic carbocycles. The third-order valence-electron chi connectivity index (χ3n) is 6.74. The zero-order valence-electron chi connectivity index (χ0n) is 20.0. The number of likely N-dealkylation sites (tertiary alicyclic amines) is 1. The summed E-state index contributed by atoms with van der Waals surface area (Å²) < 4.78 is 0. The molecular formula is C28H27ClN4O3. The van der Waals surface area contributed by atoms with Crippen molar-refractivity contribution < 1.29 is 14.4 Å². The second-order valence-electron chi connectivity index (χ2n) is 9.09. The van der Waals surface area contributed by atoms with Gasteiger partial charge in [0.2, 0.25) is 5.91 Å². The van der Waals surface area contributed by atoms with Crippen molar-refractivity contribution in [3.63, 3.8) is 0 Å². The molecule has 3 heterocycles. The predicted molar refractivity (Wildman–Crippen MR) is 142 cm³/mol. The summed E-state index contributed by atoms with van der Waals surface area (Å²) in [4.78, 5) is 42.4. The van der Waals surface area contributed by atoms with Crippen molar-refractivity contribution >= 4 is 46.7 Å². The SMILES string of the molecule is Cc1c(C(=O)NCCCN2CCCC2=O)c[nH]c1C=C1C(=O)Nc2cccc(-c3cccc(Cl)c3)c21. The van der Waals surface area contributed by atoms with E-state index < -0.39 is 0 Å². The zero-order chi connectivity index (χ0) is 25.2. The highest BCUT2D eigenvalue weighted by atomic mass is 35.5. The summed E-state index contributed by atoms with van der Waals surface area (Å²) in [6.45, 7) is 3.81. The fraction of sp³-hybridized carbons (Fsp3) is 0.250.